The van der Waals surface area contributed by atoms with Crippen molar-refractivity contribution in [3.8, 4) is 11.5 Å². The molecule has 34 heavy (non-hydrogen) atoms. The summed E-state index contributed by atoms with van der Waals surface area (Å²) in [5.74, 6) is 1.97. The molecule has 4 aromatic rings. The highest BCUT2D eigenvalue weighted by Crippen LogP contribution is 2.38. The Morgan fingerprint density at radius 2 is 1.56 bits per heavy atom. The lowest BCUT2D eigenvalue weighted by Gasteiger charge is -2.22. The number of methoxy groups -OCH3 is 1. The van der Waals surface area contributed by atoms with Crippen molar-refractivity contribution in [2.24, 2.45) is 0 Å². The molecule has 4 aromatic carbocycles. The van der Waals surface area contributed by atoms with Crippen LogP contribution in [-0.2, 0) is 0 Å². The van der Waals surface area contributed by atoms with Gasteiger partial charge in [0, 0.05) is 12.5 Å². The Labute approximate surface area is 202 Å². The molecule has 0 aliphatic carbocycles. The van der Waals surface area contributed by atoms with E-state index in [4.69, 9.17) is 9.47 Å². The van der Waals surface area contributed by atoms with E-state index in [9.17, 15) is 0 Å². The number of hydrogen-bond acceptors (Lipinski definition) is 3. The lowest BCUT2D eigenvalue weighted by atomic mass is 9.82. The van der Waals surface area contributed by atoms with Crippen molar-refractivity contribution in [1.82, 2.24) is 4.90 Å². The molecule has 5 rings (SSSR count). The minimum absolute atomic E-state index is 0.120. The molecule has 1 atom stereocenters. The Morgan fingerprint density at radius 3 is 2.32 bits per heavy atom. The van der Waals surface area contributed by atoms with E-state index in [0.29, 0.717) is 0 Å². The molecule has 1 aliphatic heterocycles. The van der Waals surface area contributed by atoms with Crippen molar-refractivity contribution in [3.05, 3.63) is 107 Å². The molecule has 1 saturated heterocycles. The van der Waals surface area contributed by atoms with Gasteiger partial charge < -0.3 is 9.47 Å². The van der Waals surface area contributed by atoms with E-state index < -0.39 is 0 Å². The summed E-state index contributed by atoms with van der Waals surface area (Å²) < 4.78 is 11.6. The van der Waals surface area contributed by atoms with Gasteiger partial charge >= 0.3 is 0 Å². The van der Waals surface area contributed by atoms with E-state index in [-0.39, 0.29) is 5.92 Å². The first-order valence-electron chi connectivity index (χ1n) is 12.3. The first kappa shape index (κ1) is 22.5. The molecule has 3 nitrogen and oxygen atoms in total. The minimum Gasteiger partial charge on any atom is -0.497 e. The van der Waals surface area contributed by atoms with Crippen LogP contribution in [0.1, 0.15) is 41.0 Å². The molecule has 1 unspecified atom stereocenters. The van der Waals surface area contributed by atoms with Crippen molar-refractivity contribution < 1.29 is 9.47 Å². The maximum Gasteiger partial charge on any atom is 0.122 e. The number of benzene rings is 4. The molecule has 1 fully saturated rings. The predicted octanol–water partition coefficient (Wildman–Crippen LogP) is 6.81. The molecule has 0 bridgehead atoms. The maximum absolute atomic E-state index is 6.19. The monoisotopic (exact) mass is 451 g/mol. The van der Waals surface area contributed by atoms with E-state index in [1.807, 2.05) is 0 Å². The summed E-state index contributed by atoms with van der Waals surface area (Å²) in [5, 5.41) is 2.55. The van der Waals surface area contributed by atoms with Crippen LogP contribution in [0, 0.1) is 6.92 Å². The van der Waals surface area contributed by atoms with Crippen molar-refractivity contribution in [1.29, 1.82) is 0 Å². The summed E-state index contributed by atoms with van der Waals surface area (Å²) in [7, 11) is 1.71. The smallest absolute Gasteiger partial charge is 0.122 e. The fraction of sp³-hybridized carbons (Fsp3) is 0.290. The fourth-order valence-corrected chi connectivity index (χ4v) is 5.16. The second-order valence-corrected chi connectivity index (χ2v) is 9.20. The van der Waals surface area contributed by atoms with E-state index in [2.05, 4.69) is 96.8 Å². The van der Waals surface area contributed by atoms with Crippen LogP contribution in [0.2, 0.25) is 0 Å². The maximum atomic E-state index is 6.19. The third kappa shape index (κ3) is 4.80. The molecule has 0 amide bonds. The summed E-state index contributed by atoms with van der Waals surface area (Å²) in [6.45, 7) is 6.31. The Bertz CT molecular complexity index is 1240. The summed E-state index contributed by atoms with van der Waals surface area (Å²) >= 11 is 0. The molecule has 0 radical (unpaired) electrons. The van der Waals surface area contributed by atoms with Gasteiger partial charge in [-0.15, -0.1) is 0 Å². The Balaban J connectivity index is 1.49. The highest BCUT2D eigenvalue weighted by atomic mass is 16.5. The van der Waals surface area contributed by atoms with Crippen molar-refractivity contribution in [2.75, 3.05) is 33.4 Å². The number of hydrogen-bond donors (Lipinski definition) is 0. The number of rotatable bonds is 8. The lowest BCUT2D eigenvalue weighted by Crippen LogP contribution is -2.25. The minimum atomic E-state index is 0.120. The van der Waals surface area contributed by atoms with Gasteiger partial charge in [0.2, 0.25) is 0 Å². The van der Waals surface area contributed by atoms with Gasteiger partial charge in [0.1, 0.15) is 18.1 Å². The summed E-state index contributed by atoms with van der Waals surface area (Å²) in [5.41, 5.74) is 5.01. The number of nitrogens with zero attached hydrogens (tertiary/aromatic N) is 1. The zero-order valence-corrected chi connectivity index (χ0v) is 20.2. The van der Waals surface area contributed by atoms with Crippen LogP contribution in [0.4, 0.5) is 0 Å². The van der Waals surface area contributed by atoms with Gasteiger partial charge in [0.05, 0.1) is 7.11 Å². The average molecular weight is 452 g/mol. The average Bonchev–Trinajstić information content (AvgIpc) is 3.40. The molecule has 1 heterocycles. The van der Waals surface area contributed by atoms with Gasteiger partial charge in [0.15, 0.2) is 0 Å². The van der Waals surface area contributed by atoms with Crippen molar-refractivity contribution in [3.63, 3.8) is 0 Å². The quantitative estimate of drug-likeness (QED) is 0.275. The molecule has 1 aliphatic rings. The highest BCUT2D eigenvalue weighted by molar-refractivity contribution is 5.87. The Kier molecular flexibility index (Phi) is 6.82. The molecular weight excluding hydrogens is 418 g/mol. The van der Waals surface area contributed by atoms with Gasteiger partial charge in [-0.3, -0.25) is 4.90 Å². The number of likely N-dealkylation sites (tertiary alicyclic amines) is 1. The van der Waals surface area contributed by atoms with Gasteiger partial charge in [-0.2, -0.15) is 0 Å². The molecule has 0 N–H and O–H groups in total. The van der Waals surface area contributed by atoms with Gasteiger partial charge in [-0.05, 0) is 84.1 Å². The summed E-state index contributed by atoms with van der Waals surface area (Å²) in [4.78, 5) is 2.49. The first-order chi connectivity index (χ1) is 16.7. The zero-order chi connectivity index (χ0) is 23.3. The van der Waals surface area contributed by atoms with Gasteiger partial charge in [-0.1, -0.05) is 66.7 Å². The molecule has 0 saturated carbocycles. The van der Waals surface area contributed by atoms with E-state index in [1.165, 1.54) is 59.0 Å². The van der Waals surface area contributed by atoms with Crippen LogP contribution < -0.4 is 9.47 Å². The van der Waals surface area contributed by atoms with E-state index >= 15 is 0 Å². The standard InChI is InChI=1S/C31H33NO2/c1-23-22-26(14-17-30(23)34-21-20-32-18-5-6-19-32)31(25-12-15-27(33-2)16-13-25)29-11-7-9-24-8-3-4-10-28(24)29/h3-4,7-17,22,31H,5-6,18-21H2,1-2H3. The van der Waals surface area contributed by atoms with E-state index in [1.54, 1.807) is 7.11 Å². The van der Waals surface area contributed by atoms with Crippen LogP contribution in [-0.4, -0.2) is 38.3 Å². The SMILES string of the molecule is COc1ccc(C(c2ccc(OCCN3CCCC3)c(C)c2)c2cccc3ccccc23)cc1. The lowest BCUT2D eigenvalue weighted by molar-refractivity contribution is 0.237. The Morgan fingerprint density at radius 1 is 0.824 bits per heavy atom. The van der Waals surface area contributed by atoms with Crippen molar-refractivity contribution in [2.45, 2.75) is 25.7 Å². The van der Waals surface area contributed by atoms with Gasteiger partial charge in [-0.25, -0.2) is 0 Å². The fourth-order valence-electron chi connectivity index (χ4n) is 5.16. The Hall–Kier alpha value is -3.30. The van der Waals surface area contributed by atoms with Crippen LogP contribution in [0.5, 0.6) is 11.5 Å². The van der Waals surface area contributed by atoms with Crippen molar-refractivity contribution >= 4 is 10.8 Å². The molecule has 3 heteroatoms. The van der Waals surface area contributed by atoms with Gasteiger partial charge in [0.25, 0.3) is 0 Å². The van der Waals surface area contributed by atoms with Crippen LogP contribution in [0.25, 0.3) is 10.8 Å². The third-order valence-corrected chi connectivity index (χ3v) is 6.98. The number of fused-ring (bicyclic) bond motifs is 1. The normalized spacial score (nSPS) is 14.9. The topological polar surface area (TPSA) is 21.7 Å². The molecular formula is C31H33NO2. The number of ether oxygens (including phenoxy) is 2. The predicted molar refractivity (Wildman–Crippen MR) is 140 cm³/mol. The van der Waals surface area contributed by atoms with Crippen LogP contribution in [0.15, 0.2) is 84.9 Å². The highest BCUT2D eigenvalue weighted by Gasteiger charge is 2.20. The first-order valence-corrected chi connectivity index (χ1v) is 12.3. The molecule has 0 aromatic heterocycles. The van der Waals surface area contributed by atoms with Crippen LogP contribution in [0.3, 0.4) is 0 Å². The summed E-state index contributed by atoms with van der Waals surface area (Å²) in [6.07, 6.45) is 2.63. The zero-order valence-electron chi connectivity index (χ0n) is 20.2. The molecule has 0 spiro atoms. The third-order valence-electron chi connectivity index (χ3n) is 6.98. The molecule has 174 valence electrons. The van der Waals surface area contributed by atoms with Crippen LogP contribution >= 0.6 is 0 Å². The summed E-state index contributed by atoms with van der Waals surface area (Å²) in [6, 6.07) is 30.4. The number of aryl methyl sites for hydroxylation is 1. The second kappa shape index (κ2) is 10.3. The largest absolute Gasteiger partial charge is 0.497 e. The van der Waals surface area contributed by atoms with E-state index in [0.717, 1.165) is 24.7 Å². The second-order valence-electron chi connectivity index (χ2n) is 9.20.